The van der Waals surface area contributed by atoms with Crippen LogP contribution in [0.15, 0.2) is 55.1 Å². The Kier molecular flexibility index (Phi) is 9.92. The number of carbonyl (C=O) groups excluding carboxylic acids is 2. The zero-order valence-corrected chi connectivity index (χ0v) is 20.7. The van der Waals surface area contributed by atoms with Crippen molar-refractivity contribution in [3.8, 4) is 17.2 Å². The van der Waals surface area contributed by atoms with Gasteiger partial charge in [0.15, 0.2) is 5.78 Å². The molecule has 34 heavy (non-hydrogen) atoms. The van der Waals surface area contributed by atoms with Gasteiger partial charge in [0, 0.05) is 5.56 Å². The minimum absolute atomic E-state index is 0.176. The molecule has 0 aliphatic carbocycles. The maximum Gasteiger partial charge on any atom is 0.314 e. The molecule has 0 unspecified atom stereocenters. The number of esters is 1. The van der Waals surface area contributed by atoms with E-state index in [4.69, 9.17) is 18.9 Å². The second-order valence-corrected chi connectivity index (χ2v) is 8.49. The fourth-order valence-electron chi connectivity index (χ4n) is 3.04. The van der Waals surface area contributed by atoms with Gasteiger partial charge >= 0.3 is 5.97 Å². The zero-order valence-electron chi connectivity index (χ0n) is 20.7. The maximum absolute atomic E-state index is 12.8. The standard InChI is InChI=1S/C28H34O6/c1-7-10-21-13-18-25(31-8-2)23(26(21)32-9-3)16-17-24(29)20-11-14-22(15-12-20)33-19-34-27(30)28(4,5)6/h7,11-18H,1,8-10,19H2,2-6H3/b17-16+. The summed E-state index contributed by atoms with van der Waals surface area (Å²) in [5.41, 5.74) is 1.59. The molecule has 0 atom stereocenters. The highest BCUT2D eigenvalue weighted by molar-refractivity contribution is 6.07. The summed E-state index contributed by atoms with van der Waals surface area (Å²) in [6, 6.07) is 10.5. The quantitative estimate of drug-likeness (QED) is 0.125. The third-order valence-corrected chi connectivity index (χ3v) is 4.76. The number of hydrogen-bond acceptors (Lipinski definition) is 6. The lowest BCUT2D eigenvalue weighted by Gasteiger charge is -2.16. The zero-order chi connectivity index (χ0) is 25.1. The van der Waals surface area contributed by atoms with Crippen LogP contribution in [0.3, 0.4) is 0 Å². The second kappa shape index (κ2) is 12.6. The number of rotatable bonds is 12. The SMILES string of the molecule is C=CCc1ccc(OCC)c(/C=C/C(=O)c2ccc(OCOC(=O)C(C)(C)C)cc2)c1OCC. The lowest BCUT2D eigenvalue weighted by atomic mass is 9.98. The first-order chi connectivity index (χ1) is 16.2. The smallest absolute Gasteiger partial charge is 0.314 e. The monoisotopic (exact) mass is 466 g/mol. The lowest BCUT2D eigenvalue weighted by Crippen LogP contribution is -2.24. The van der Waals surface area contributed by atoms with Crippen LogP contribution in [-0.4, -0.2) is 31.8 Å². The molecule has 182 valence electrons. The Labute approximate surface area is 202 Å². The Hall–Kier alpha value is -3.54. The number of carbonyl (C=O) groups is 2. The van der Waals surface area contributed by atoms with Crippen LogP contribution in [-0.2, 0) is 16.0 Å². The lowest BCUT2D eigenvalue weighted by molar-refractivity contribution is -0.159. The van der Waals surface area contributed by atoms with Crippen LogP contribution >= 0.6 is 0 Å². The predicted octanol–water partition coefficient (Wildman–Crippen LogP) is 6.03. The molecule has 6 heteroatoms. The van der Waals surface area contributed by atoms with Crippen LogP contribution in [0, 0.1) is 5.41 Å². The molecule has 0 aliphatic heterocycles. The van der Waals surface area contributed by atoms with Crippen LogP contribution in [0.4, 0.5) is 0 Å². The first-order valence-corrected chi connectivity index (χ1v) is 11.4. The summed E-state index contributed by atoms with van der Waals surface area (Å²) in [4.78, 5) is 24.6. The van der Waals surface area contributed by atoms with Crippen molar-refractivity contribution < 1.29 is 28.5 Å². The van der Waals surface area contributed by atoms with Crippen molar-refractivity contribution in [2.45, 2.75) is 41.0 Å². The number of allylic oxidation sites excluding steroid dienone is 2. The molecular weight excluding hydrogens is 432 g/mol. The molecule has 2 aromatic carbocycles. The van der Waals surface area contributed by atoms with Crippen molar-refractivity contribution in [3.63, 3.8) is 0 Å². The Balaban J connectivity index is 2.16. The largest absolute Gasteiger partial charge is 0.493 e. The van der Waals surface area contributed by atoms with Gasteiger partial charge < -0.3 is 18.9 Å². The Morgan fingerprint density at radius 3 is 2.21 bits per heavy atom. The van der Waals surface area contributed by atoms with E-state index in [0.29, 0.717) is 42.4 Å². The molecule has 0 saturated carbocycles. The van der Waals surface area contributed by atoms with Gasteiger partial charge in [0.1, 0.15) is 17.2 Å². The summed E-state index contributed by atoms with van der Waals surface area (Å²) in [6.07, 6.45) is 5.67. The fourth-order valence-corrected chi connectivity index (χ4v) is 3.04. The van der Waals surface area contributed by atoms with Crippen molar-refractivity contribution in [1.29, 1.82) is 0 Å². The summed E-state index contributed by atoms with van der Waals surface area (Å²) in [7, 11) is 0. The molecule has 2 rings (SSSR count). The van der Waals surface area contributed by atoms with Gasteiger partial charge in [-0.3, -0.25) is 9.59 Å². The van der Waals surface area contributed by atoms with Gasteiger partial charge in [-0.15, -0.1) is 6.58 Å². The van der Waals surface area contributed by atoms with Gasteiger partial charge in [-0.25, -0.2) is 0 Å². The highest BCUT2D eigenvalue weighted by atomic mass is 16.7. The molecule has 0 fully saturated rings. The van der Waals surface area contributed by atoms with Crippen LogP contribution < -0.4 is 14.2 Å². The molecule has 2 aromatic rings. The maximum atomic E-state index is 12.8. The van der Waals surface area contributed by atoms with Crippen molar-refractivity contribution in [2.24, 2.45) is 5.41 Å². The van der Waals surface area contributed by atoms with Crippen LogP contribution in [0.1, 0.15) is 56.1 Å². The van der Waals surface area contributed by atoms with Gasteiger partial charge in [0.2, 0.25) is 6.79 Å². The van der Waals surface area contributed by atoms with E-state index < -0.39 is 5.41 Å². The first-order valence-electron chi connectivity index (χ1n) is 11.4. The first kappa shape index (κ1) is 26.7. The topological polar surface area (TPSA) is 71.1 Å². The van der Waals surface area contributed by atoms with Crippen molar-refractivity contribution in [3.05, 3.63) is 71.8 Å². The number of hydrogen-bond donors (Lipinski definition) is 0. The molecule has 6 nitrogen and oxygen atoms in total. The van der Waals surface area contributed by atoms with E-state index in [0.717, 1.165) is 11.1 Å². The molecule has 0 heterocycles. The van der Waals surface area contributed by atoms with E-state index in [1.54, 1.807) is 51.1 Å². The number of ether oxygens (including phenoxy) is 4. The van der Waals surface area contributed by atoms with Gasteiger partial charge in [-0.05, 0) is 89.1 Å². The molecule has 0 amide bonds. The molecule has 0 bridgehead atoms. The highest BCUT2D eigenvalue weighted by Gasteiger charge is 2.23. The van der Waals surface area contributed by atoms with Gasteiger partial charge in [-0.2, -0.15) is 0 Å². The normalized spacial score (nSPS) is 11.2. The minimum Gasteiger partial charge on any atom is -0.493 e. The van der Waals surface area contributed by atoms with Crippen molar-refractivity contribution in [2.75, 3.05) is 20.0 Å². The molecule has 0 aliphatic rings. The summed E-state index contributed by atoms with van der Waals surface area (Å²) in [5, 5.41) is 0. The second-order valence-electron chi connectivity index (χ2n) is 8.49. The summed E-state index contributed by atoms with van der Waals surface area (Å²) >= 11 is 0. The van der Waals surface area contributed by atoms with Gasteiger partial charge in [-0.1, -0.05) is 12.1 Å². The summed E-state index contributed by atoms with van der Waals surface area (Å²) < 4.78 is 22.2. The van der Waals surface area contributed by atoms with E-state index in [9.17, 15) is 9.59 Å². The number of ketones is 1. The minimum atomic E-state index is -0.596. The Morgan fingerprint density at radius 1 is 0.941 bits per heavy atom. The molecule has 0 N–H and O–H groups in total. The molecule has 0 radical (unpaired) electrons. The molecular formula is C28H34O6. The van der Waals surface area contributed by atoms with E-state index in [1.165, 1.54) is 6.08 Å². The molecule has 0 aromatic heterocycles. The van der Waals surface area contributed by atoms with Crippen molar-refractivity contribution >= 4 is 17.8 Å². The van der Waals surface area contributed by atoms with Crippen LogP contribution in [0.25, 0.3) is 6.08 Å². The molecule has 0 saturated heterocycles. The molecule has 0 spiro atoms. The fraction of sp³-hybridized carbons (Fsp3) is 0.357. The Morgan fingerprint density at radius 2 is 1.62 bits per heavy atom. The average Bonchev–Trinajstić information content (AvgIpc) is 2.80. The average molecular weight is 467 g/mol. The van der Waals surface area contributed by atoms with Gasteiger partial charge in [0.05, 0.1) is 24.2 Å². The third-order valence-electron chi connectivity index (χ3n) is 4.76. The highest BCUT2D eigenvalue weighted by Crippen LogP contribution is 2.34. The van der Waals surface area contributed by atoms with E-state index >= 15 is 0 Å². The van der Waals surface area contributed by atoms with E-state index in [2.05, 4.69) is 6.58 Å². The van der Waals surface area contributed by atoms with E-state index in [1.807, 2.05) is 32.1 Å². The van der Waals surface area contributed by atoms with Crippen LogP contribution in [0.2, 0.25) is 0 Å². The summed E-state index contributed by atoms with van der Waals surface area (Å²) in [6.45, 7) is 13.7. The van der Waals surface area contributed by atoms with Gasteiger partial charge in [0.25, 0.3) is 0 Å². The van der Waals surface area contributed by atoms with Crippen LogP contribution in [0.5, 0.6) is 17.2 Å². The Bertz CT molecular complexity index is 1010. The summed E-state index contributed by atoms with van der Waals surface area (Å²) in [5.74, 6) is 1.31. The third kappa shape index (κ3) is 7.51. The van der Waals surface area contributed by atoms with Crippen molar-refractivity contribution in [1.82, 2.24) is 0 Å². The van der Waals surface area contributed by atoms with E-state index in [-0.39, 0.29) is 18.5 Å². The predicted molar refractivity (Wildman–Crippen MR) is 134 cm³/mol. The number of benzene rings is 2.